The van der Waals surface area contributed by atoms with Gasteiger partial charge in [0.2, 0.25) is 0 Å². The standard InChI is InChI=1S/C24H22FN3O5/c1-31-19-11-12-22(32-2)21(13-19)27-23(29)24(30)28-26-14-16-7-9-18(10-8-16)33-15-17-5-3-4-6-20(17)25/h3-14H,15H2,1-2H3,(H,27,29)(H,28,30). The van der Waals surface area contributed by atoms with Crippen LogP contribution in [0.25, 0.3) is 0 Å². The molecule has 3 rings (SSSR count). The summed E-state index contributed by atoms with van der Waals surface area (Å²) in [7, 11) is 2.93. The predicted molar refractivity (Wildman–Crippen MR) is 121 cm³/mol. The van der Waals surface area contributed by atoms with Gasteiger partial charge in [0.1, 0.15) is 29.7 Å². The predicted octanol–water partition coefficient (Wildman–Crippen LogP) is 3.51. The van der Waals surface area contributed by atoms with Gasteiger partial charge in [-0.25, -0.2) is 9.82 Å². The quantitative estimate of drug-likeness (QED) is 0.310. The second-order valence-corrected chi connectivity index (χ2v) is 6.67. The molecule has 0 heterocycles. The molecule has 0 aliphatic heterocycles. The molecule has 2 amide bonds. The van der Waals surface area contributed by atoms with Crippen LogP contribution in [0.2, 0.25) is 0 Å². The maximum atomic E-state index is 13.6. The third-order valence-electron chi connectivity index (χ3n) is 4.47. The Morgan fingerprint density at radius 3 is 2.36 bits per heavy atom. The van der Waals surface area contributed by atoms with Crippen LogP contribution in [-0.4, -0.2) is 32.2 Å². The number of hydrogen-bond acceptors (Lipinski definition) is 6. The molecule has 9 heteroatoms. The Bertz CT molecular complexity index is 1150. The second-order valence-electron chi connectivity index (χ2n) is 6.67. The number of ether oxygens (including phenoxy) is 3. The first-order valence-electron chi connectivity index (χ1n) is 9.83. The van der Waals surface area contributed by atoms with Crippen LogP contribution in [0.15, 0.2) is 71.8 Å². The van der Waals surface area contributed by atoms with Crippen molar-refractivity contribution in [2.45, 2.75) is 6.61 Å². The summed E-state index contributed by atoms with van der Waals surface area (Å²) in [6.07, 6.45) is 1.37. The van der Waals surface area contributed by atoms with Crippen LogP contribution in [0, 0.1) is 5.82 Å². The van der Waals surface area contributed by atoms with E-state index in [1.54, 1.807) is 54.6 Å². The summed E-state index contributed by atoms with van der Waals surface area (Å²) in [5.41, 5.74) is 3.55. The topological polar surface area (TPSA) is 98.2 Å². The first kappa shape index (κ1) is 23.3. The number of carbonyl (C=O) groups is 2. The molecule has 2 N–H and O–H groups in total. The van der Waals surface area contributed by atoms with Crippen LogP contribution in [0.5, 0.6) is 17.2 Å². The largest absolute Gasteiger partial charge is 0.497 e. The van der Waals surface area contributed by atoms with Crippen molar-refractivity contribution in [2.75, 3.05) is 19.5 Å². The lowest BCUT2D eigenvalue weighted by molar-refractivity contribution is -0.136. The Balaban J connectivity index is 1.51. The molecule has 0 aromatic heterocycles. The van der Waals surface area contributed by atoms with E-state index >= 15 is 0 Å². The molecular formula is C24H22FN3O5. The highest BCUT2D eigenvalue weighted by atomic mass is 19.1. The van der Waals surface area contributed by atoms with Gasteiger partial charge in [0, 0.05) is 11.6 Å². The average Bonchev–Trinajstić information content (AvgIpc) is 2.84. The number of nitrogens with zero attached hydrogens (tertiary/aromatic N) is 1. The number of hydrogen-bond donors (Lipinski definition) is 2. The minimum Gasteiger partial charge on any atom is -0.497 e. The van der Waals surface area contributed by atoms with Gasteiger partial charge in [-0.1, -0.05) is 18.2 Å². The maximum Gasteiger partial charge on any atom is 0.329 e. The van der Waals surface area contributed by atoms with Crippen molar-refractivity contribution in [2.24, 2.45) is 5.10 Å². The zero-order chi connectivity index (χ0) is 23.6. The van der Waals surface area contributed by atoms with Crippen molar-refractivity contribution in [1.82, 2.24) is 5.43 Å². The summed E-state index contributed by atoms with van der Waals surface area (Å²) < 4.78 is 29.5. The van der Waals surface area contributed by atoms with Gasteiger partial charge < -0.3 is 19.5 Å². The lowest BCUT2D eigenvalue weighted by atomic mass is 10.2. The summed E-state index contributed by atoms with van der Waals surface area (Å²) in [5, 5.41) is 6.23. The normalized spacial score (nSPS) is 10.5. The van der Waals surface area contributed by atoms with E-state index in [4.69, 9.17) is 14.2 Å². The highest BCUT2D eigenvalue weighted by molar-refractivity contribution is 6.39. The molecule has 0 spiro atoms. The number of amides is 2. The fraction of sp³-hybridized carbons (Fsp3) is 0.125. The number of methoxy groups -OCH3 is 2. The van der Waals surface area contributed by atoms with Crippen LogP contribution < -0.4 is 25.0 Å². The molecule has 0 saturated carbocycles. The first-order chi connectivity index (χ1) is 16.0. The van der Waals surface area contributed by atoms with Gasteiger partial charge in [0.25, 0.3) is 0 Å². The minimum atomic E-state index is -0.957. The molecule has 0 aliphatic rings. The number of anilines is 1. The van der Waals surface area contributed by atoms with Gasteiger partial charge in [0.05, 0.1) is 26.1 Å². The molecule has 33 heavy (non-hydrogen) atoms. The number of carbonyl (C=O) groups excluding carboxylic acids is 2. The number of hydrazone groups is 1. The van der Waals surface area contributed by atoms with Gasteiger partial charge in [-0.2, -0.15) is 5.10 Å². The van der Waals surface area contributed by atoms with E-state index in [0.29, 0.717) is 28.4 Å². The fourth-order valence-corrected chi connectivity index (χ4v) is 2.73. The molecule has 3 aromatic carbocycles. The molecule has 0 unspecified atom stereocenters. The minimum absolute atomic E-state index is 0.101. The third-order valence-corrected chi connectivity index (χ3v) is 4.47. The van der Waals surface area contributed by atoms with Crippen molar-refractivity contribution in [3.8, 4) is 17.2 Å². The first-order valence-corrected chi connectivity index (χ1v) is 9.83. The maximum absolute atomic E-state index is 13.6. The van der Waals surface area contributed by atoms with E-state index < -0.39 is 11.8 Å². The van der Waals surface area contributed by atoms with Gasteiger partial charge in [0.15, 0.2) is 0 Å². The lowest BCUT2D eigenvalue weighted by Crippen LogP contribution is -2.32. The average molecular weight is 451 g/mol. The van der Waals surface area contributed by atoms with Gasteiger partial charge >= 0.3 is 11.8 Å². The summed E-state index contributed by atoms with van der Waals surface area (Å²) in [6, 6.07) is 18.0. The van der Waals surface area contributed by atoms with Crippen LogP contribution in [0.4, 0.5) is 10.1 Å². The molecule has 0 fully saturated rings. The van der Waals surface area contributed by atoms with Crippen molar-refractivity contribution in [1.29, 1.82) is 0 Å². The highest BCUT2D eigenvalue weighted by Gasteiger charge is 2.16. The van der Waals surface area contributed by atoms with Crippen molar-refractivity contribution < 1.29 is 28.2 Å². The number of benzene rings is 3. The molecule has 3 aromatic rings. The Hall–Kier alpha value is -4.40. The van der Waals surface area contributed by atoms with Crippen LogP contribution in [0.1, 0.15) is 11.1 Å². The van der Waals surface area contributed by atoms with Crippen LogP contribution >= 0.6 is 0 Å². The molecule has 0 bridgehead atoms. The van der Waals surface area contributed by atoms with Gasteiger partial charge in [-0.15, -0.1) is 0 Å². The van der Waals surface area contributed by atoms with E-state index in [1.165, 1.54) is 32.6 Å². The molecule has 0 aliphatic carbocycles. The van der Waals surface area contributed by atoms with Gasteiger partial charge in [-0.3, -0.25) is 9.59 Å². The monoisotopic (exact) mass is 451 g/mol. The van der Waals surface area contributed by atoms with Crippen molar-refractivity contribution >= 4 is 23.7 Å². The van der Waals surface area contributed by atoms with Crippen LogP contribution in [0.3, 0.4) is 0 Å². The summed E-state index contributed by atoms with van der Waals surface area (Å²) in [4.78, 5) is 24.2. The summed E-state index contributed by atoms with van der Waals surface area (Å²) in [6.45, 7) is 0.101. The Morgan fingerprint density at radius 2 is 1.67 bits per heavy atom. The summed E-state index contributed by atoms with van der Waals surface area (Å²) in [5.74, 6) is -0.794. The lowest BCUT2D eigenvalue weighted by Gasteiger charge is -2.11. The van der Waals surface area contributed by atoms with E-state index in [0.717, 1.165) is 0 Å². The molecule has 0 atom stereocenters. The van der Waals surface area contributed by atoms with E-state index in [9.17, 15) is 14.0 Å². The molecule has 170 valence electrons. The highest BCUT2D eigenvalue weighted by Crippen LogP contribution is 2.28. The third kappa shape index (κ3) is 6.54. The smallest absolute Gasteiger partial charge is 0.329 e. The molecule has 0 radical (unpaired) electrons. The van der Waals surface area contributed by atoms with Crippen molar-refractivity contribution in [3.05, 3.63) is 83.7 Å². The number of halogens is 1. The fourth-order valence-electron chi connectivity index (χ4n) is 2.73. The zero-order valence-electron chi connectivity index (χ0n) is 18.0. The van der Waals surface area contributed by atoms with Crippen molar-refractivity contribution in [3.63, 3.8) is 0 Å². The van der Waals surface area contributed by atoms with E-state index in [2.05, 4.69) is 15.8 Å². The van der Waals surface area contributed by atoms with E-state index in [-0.39, 0.29) is 18.1 Å². The molecular weight excluding hydrogens is 429 g/mol. The Kier molecular flexibility index (Phi) is 7.96. The summed E-state index contributed by atoms with van der Waals surface area (Å²) >= 11 is 0. The number of rotatable bonds is 8. The number of nitrogens with one attached hydrogen (secondary N) is 2. The Morgan fingerprint density at radius 1 is 0.939 bits per heavy atom. The van der Waals surface area contributed by atoms with E-state index in [1.807, 2.05) is 0 Å². The zero-order valence-corrected chi connectivity index (χ0v) is 18.0. The van der Waals surface area contributed by atoms with Gasteiger partial charge in [-0.05, 0) is 48.0 Å². The molecule has 8 nitrogen and oxygen atoms in total. The molecule has 0 saturated heterocycles. The second kappa shape index (κ2) is 11.3. The Labute approximate surface area is 190 Å². The van der Waals surface area contributed by atoms with Crippen LogP contribution in [-0.2, 0) is 16.2 Å². The SMILES string of the molecule is COc1ccc(OC)c(NC(=O)C(=O)NN=Cc2ccc(OCc3ccccc3F)cc2)c1.